The van der Waals surface area contributed by atoms with Gasteiger partial charge in [-0.3, -0.25) is 9.59 Å². The van der Waals surface area contributed by atoms with Gasteiger partial charge in [0.05, 0.1) is 18.4 Å². The normalized spacial score (nSPS) is 13.9. The fourth-order valence-corrected chi connectivity index (χ4v) is 3.25. The first-order valence-electron chi connectivity index (χ1n) is 8.94. The number of amides is 1. The molecule has 146 valence electrons. The number of H-pyrrole nitrogens is 1. The highest BCUT2D eigenvalue weighted by Crippen LogP contribution is 2.31. The highest BCUT2D eigenvalue weighted by Gasteiger charge is 2.18. The van der Waals surface area contributed by atoms with Gasteiger partial charge in [0, 0.05) is 41.5 Å². The second-order valence-electron chi connectivity index (χ2n) is 6.47. The molecule has 0 fully saturated rings. The molecule has 0 atom stereocenters. The van der Waals surface area contributed by atoms with Crippen LogP contribution >= 0.6 is 0 Å². The molecule has 4 rings (SSSR count). The summed E-state index contributed by atoms with van der Waals surface area (Å²) in [5, 5.41) is 3.29. The Kier molecular flexibility index (Phi) is 4.90. The van der Waals surface area contributed by atoms with Crippen molar-refractivity contribution in [3.05, 3.63) is 82.0 Å². The number of anilines is 1. The molecule has 0 radical (unpaired) electrons. The topological polar surface area (TPSA) is 97.0 Å². The van der Waals surface area contributed by atoms with Gasteiger partial charge in [-0.25, -0.2) is 14.4 Å². The van der Waals surface area contributed by atoms with Crippen LogP contribution in [0.15, 0.2) is 65.2 Å². The summed E-state index contributed by atoms with van der Waals surface area (Å²) in [6, 6.07) is 9.80. The van der Waals surface area contributed by atoms with E-state index in [-0.39, 0.29) is 29.2 Å². The minimum atomic E-state index is -0.483. The third-order valence-corrected chi connectivity index (χ3v) is 4.62. The van der Waals surface area contributed by atoms with Crippen LogP contribution in [0.2, 0.25) is 0 Å². The van der Waals surface area contributed by atoms with E-state index in [2.05, 4.69) is 20.3 Å². The summed E-state index contributed by atoms with van der Waals surface area (Å²) >= 11 is 0. The molecule has 7 nitrogen and oxygen atoms in total. The Morgan fingerprint density at radius 2 is 2.03 bits per heavy atom. The van der Waals surface area contributed by atoms with Gasteiger partial charge in [0.1, 0.15) is 23.7 Å². The summed E-state index contributed by atoms with van der Waals surface area (Å²) in [5.74, 6) is 0.0953. The maximum absolute atomic E-state index is 13.8. The van der Waals surface area contributed by atoms with Crippen LogP contribution in [0.1, 0.15) is 28.9 Å². The molecule has 0 spiro atoms. The van der Waals surface area contributed by atoms with E-state index >= 15 is 0 Å². The fraction of sp³-hybridized carbons (Fsp3) is 0.143. The van der Waals surface area contributed by atoms with Gasteiger partial charge in [0.25, 0.3) is 5.91 Å². The molecule has 3 aromatic rings. The van der Waals surface area contributed by atoms with Gasteiger partial charge in [0.2, 0.25) is 5.56 Å². The molecule has 1 aromatic carbocycles. The Hall–Kier alpha value is -3.81. The number of fused-ring (bicyclic) bond motifs is 1. The van der Waals surface area contributed by atoms with Crippen molar-refractivity contribution in [3.63, 3.8) is 0 Å². The number of pyridine rings is 1. The molecule has 0 saturated heterocycles. The first kappa shape index (κ1) is 18.5. The lowest BCUT2D eigenvalue weighted by atomic mass is 10.0. The minimum absolute atomic E-state index is 0.227. The zero-order valence-electron chi connectivity index (χ0n) is 15.5. The van der Waals surface area contributed by atoms with Crippen molar-refractivity contribution < 1.29 is 13.9 Å². The van der Waals surface area contributed by atoms with Crippen molar-refractivity contribution in [3.8, 4) is 0 Å². The second kappa shape index (κ2) is 7.67. The average molecular weight is 392 g/mol. The van der Waals surface area contributed by atoms with Crippen LogP contribution in [0, 0.1) is 0 Å². The molecule has 0 unspecified atom stereocenters. The third-order valence-electron chi connectivity index (χ3n) is 4.62. The van der Waals surface area contributed by atoms with E-state index in [1.54, 1.807) is 24.3 Å². The highest BCUT2D eigenvalue weighted by atomic mass is 19.1. The lowest BCUT2D eigenvalue weighted by Crippen LogP contribution is -2.17. The summed E-state index contributed by atoms with van der Waals surface area (Å²) in [4.78, 5) is 35.6. The number of methoxy groups -OCH3 is 1. The number of carbonyl (C=O) groups is 1. The summed E-state index contributed by atoms with van der Waals surface area (Å²) in [6.07, 6.45) is 3.36. The number of para-hydroxylation sites is 1. The maximum Gasteiger partial charge on any atom is 0.257 e. The Labute approximate surface area is 165 Å². The summed E-state index contributed by atoms with van der Waals surface area (Å²) in [5.41, 5.74) is 1.35. The first-order chi connectivity index (χ1) is 14.0. The van der Waals surface area contributed by atoms with Gasteiger partial charge < -0.3 is 15.0 Å². The van der Waals surface area contributed by atoms with Gasteiger partial charge in [-0.05, 0) is 12.1 Å². The van der Waals surface area contributed by atoms with Crippen molar-refractivity contribution in [2.24, 2.45) is 0 Å². The smallest absolute Gasteiger partial charge is 0.257 e. The monoisotopic (exact) mass is 392 g/mol. The van der Waals surface area contributed by atoms with E-state index < -0.39 is 5.91 Å². The molecular formula is C21H17FN4O3. The Bertz CT molecular complexity index is 1230. The zero-order valence-corrected chi connectivity index (χ0v) is 15.5. The number of aromatic nitrogens is 3. The molecule has 0 bridgehead atoms. The zero-order chi connectivity index (χ0) is 20.4. The van der Waals surface area contributed by atoms with Crippen LogP contribution in [0.25, 0.3) is 16.5 Å². The van der Waals surface area contributed by atoms with Gasteiger partial charge >= 0.3 is 0 Å². The lowest BCUT2D eigenvalue weighted by molar-refractivity contribution is 0.102. The molecule has 1 aliphatic rings. The Morgan fingerprint density at radius 1 is 1.21 bits per heavy atom. The molecule has 0 saturated carbocycles. The van der Waals surface area contributed by atoms with Crippen molar-refractivity contribution in [2.45, 2.75) is 12.8 Å². The van der Waals surface area contributed by atoms with Crippen LogP contribution < -0.4 is 10.9 Å². The maximum atomic E-state index is 13.8. The fourth-order valence-electron chi connectivity index (χ4n) is 3.25. The predicted octanol–water partition coefficient (Wildman–Crippen LogP) is 3.58. The number of aromatic amines is 1. The molecule has 2 aromatic heterocycles. The van der Waals surface area contributed by atoms with Crippen LogP contribution in [-0.2, 0) is 4.74 Å². The molecule has 29 heavy (non-hydrogen) atoms. The second-order valence-corrected chi connectivity index (χ2v) is 6.47. The van der Waals surface area contributed by atoms with Crippen LogP contribution in [0.3, 0.4) is 0 Å². The Morgan fingerprint density at radius 3 is 2.86 bits per heavy atom. The first-order valence-corrected chi connectivity index (χ1v) is 8.94. The molecule has 1 amide bonds. The quantitative estimate of drug-likeness (QED) is 0.707. The average Bonchev–Trinajstić information content (AvgIpc) is 2.73. The largest absolute Gasteiger partial charge is 0.500 e. The molecule has 2 N–H and O–H groups in total. The molecule has 0 aliphatic heterocycles. The molecule has 8 heteroatoms. The number of hydrogen-bond donors (Lipinski definition) is 2. The molecular weight excluding hydrogens is 375 g/mol. The van der Waals surface area contributed by atoms with E-state index in [0.29, 0.717) is 34.3 Å². The van der Waals surface area contributed by atoms with E-state index in [9.17, 15) is 14.0 Å². The van der Waals surface area contributed by atoms with Gasteiger partial charge in [-0.2, -0.15) is 0 Å². The van der Waals surface area contributed by atoms with Gasteiger partial charge in [-0.15, -0.1) is 0 Å². The number of halogens is 1. The molecule has 2 heterocycles. The van der Waals surface area contributed by atoms with Crippen molar-refractivity contribution in [1.29, 1.82) is 0 Å². The number of ether oxygens (including phenoxy) is 1. The van der Waals surface area contributed by atoms with E-state index in [4.69, 9.17) is 4.74 Å². The van der Waals surface area contributed by atoms with E-state index in [1.807, 2.05) is 0 Å². The number of allylic oxidation sites excluding steroid dienone is 4. The summed E-state index contributed by atoms with van der Waals surface area (Å²) < 4.78 is 19.1. The van der Waals surface area contributed by atoms with Crippen LogP contribution in [0.5, 0.6) is 0 Å². The van der Waals surface area contributed by atoms with Crippen molar-refractivity contribution in [2.75, 3.05) is 12.4 Å². The predicted molar refractivity (Wildman–Crippen MR) is 107 cm³/mol. The number of hydrogen-bond acceptors (Lipinski definition) is 5. The van der Waals surface area contributed by atoms with Gasteiger partial charge in [0.15, 0.2) is 0 Å². The van der Waals surface area contributed by atoms with Crippen LogP contribution in [-0.4, -0.2) is 28.0 Å². The number of nitrogens with zero attached hydrogens (tertiary/aromatic N) is 2. The van der Waals surface area contributed by atoms with Crippen LogP contribution in [0.4, 0.5) is 10.2 Å². The standard InChI is InChI=1S/C21H17FN4O3/c1-29-18-7-6-12(22)8-15(18)17-10-19(24-11-23-17)26-21(28)14-9-20(27)25-16-5-3-2-4-13(14)16/h2-5,8-11H,6-7H2,1H3,(H,25,27)(H,23,24,26,28). The van der Waals surface area contributed by atoms with Gasteiger partial charge in [-0.1, -0.05) is 18.2 Å². The number of benzene rings is 1. The Balaban J connectivity index is 1.68. The summed E-state index contributed by atoms with van der Waals surface area (Å²) in [6.45, 7) is 0. The SMILES string of the molecule is COC1=C(c2cc(NC(=O)c3cc(=O)[nH]c4ccccc34)ncn2)C=C(F)CC1. The third kappa shape index (κ3) is 3.77. The lowest BCUT2D eigenvalue weighted by Gasteiger charge is -2.16. The van der Waals surface area contributed by atoms with Crippen molar-refractivity contribution >= 4 is 28.2 Å². The number of nitrogens with one attached hydrogen (secondary N) is 2. The van der Waals surface area contributed by atoms with E-state index in [0.717, 1.165) is 0 Å². The number of rotatable bonds is 4. The minimum Gasteiger partial charge on any atom is -0.500 e. The highest BCUT2D eigenvalue weighted by molar-refractivity contribution is 6.12. The van der Waals surface area contributed by atoms with E-state index in [1.165, 1.54) is 31.6 Å². The number of carbonyl (C=O) groups excluding carboxylic acids is 1. The molecule has 1 aliphatic carbocycles. The summed E-state index contributed by atoms with van der Waals surface area (Å²) in [7, 11) is 1.52. The van der Waals surface area contributed by atoms with Crippen molar-refractivity contribution in [1.82, 2.24) is 15.0 Å².